The first kappa shape index (κ1) is 16.3. The van der Waals surface area contributed by atoms with Crippen LogP contribution in [0.4, 0.5) is 5.69 Å². The average molecular weight is 317 g/mol. The molecule has 0 saturated heterocycles. The lowest BCUT2D eigenvalue weighted by molar-refractivity contribution is -0.113. The Morgan fingerprint density at radius 2 is 2.05 bits per heavy atom. The molecule has 2 N–H and O–H groups in total. The average Bonchev–Trinajstić information content (AvgIpc) is 2.47. The standard InChI is InChI=1S/C16H19N3O2S/c1-4-12-11(3)17-16(19-15(12)21)22-9-14(20)18-13-8-6-5-7-10(13)2/h5-8H,4,9H2,1-3H3,(H,18,20)(H,17,19,21). The van der Waals surface area contributed by atoms with Crippen molar-refractivity contribution in [2.45, 2.75) is 32.3 Å². The number of H-pyrrole nitrogens is 1. The third kappa shape index (κ3) is 3.98. The van der Waals surface area contributed by atoms with Crippen LogP contribution < -0.4 is 10.9 Å². The van der Waals surface area contributed by atoms with Crippen molar-refractivity contribution < 1.29 is 4.79 Å². The van der Waals surface area contributed by atoms with E-state index in [4.69, 9.17) is 0 Å². The monoisotopic (exact) mass is 317 g/mol. The molecule has 0 aliphatic heterocycles. The molecular weight excluding hydrogens is 298 g/mol. The van der Waals surface area contributed by atoms with E-state index in [9.17, 15) is 9.59 Å². The van der Waals surface area contributed by atoms with Gasteiger partial charge in [0.2, 0.25) is 5.91 Å². The van der Waals surface area contributed by atoms with Crippen LogP contribution in [-0.2, 0) is 11.2 Å². The Kier molecular flexibility index (Phi) is 5.38. The van der Waals surface area contributed by atoms with E-state index >= 15 is 0 Å². The van der Waals surface area contributed by atoms with Gasteiger partial charge in [-0.3, -0.25) is 9.59 Å². The fourth-order valence-electron chi connectivity index (χ4n) is 2.10. The SMILES string of the molecule is CCc1c(C)nc(SCC(=O)Nc2ccccc2C)[nH]c1=O. The van der Waals surface area contributed by atoms with Gasteiger partial charge >= 0.3 is 0 Å². The van der Waals surface area contributed by atoms with Gasteiger partial charge in [0, 0.05) is 16.9 Å². The Morgan fingerprint density at radius 1 is 1.32 bits per heavy atom. The highest BCUT2D eigenvalue weighted by atomic mass is 32.2. The number of carbonyl (C=O) groups is 1. The maximum atomic E-state index is 12.0. The lowest BCUT2D eigenvalue weighted by Gasteiger charge is -2.08. The smallest absolute Gasteiger partial charge is 0.254 e. The summed E-state index contributed by atoms with van der Waals surface area (Å²) < 4.78 is 0. The second-order valence-electron chi connectivity index (χ2n) is 4.94. The normalized spacial score (nSPS) is 10.5. The second-order valence-corrected chi connectivity index (χ2v) is 5.90. The zero-order valence-corrected chi connectivity index (χ0v) is 13.7. The summed E-state index contributed by atoms with van der Waals surface area (Å²) in [6.07, 6.45) is 0.646. The van der Waals surface area contributed by atoms with Crippen molar-refractivity contribution in [3.8, 4) is 0 Å². The van der Waals surface area contributed by atoms with Gasteiger partial charge in [-0.2, -0.15) is 0 Å². The van der Waals surface area contributed by atoms with Gasteiger partial charge in [-0.1, -0.05) is 36.9 Å². The summed E-state index contributed by atoms with van der Waals surface area (Å²) in [5, 5.41) is 3.32. The number of hydrogen-bond donors (Lipinski definition) is 2. The zero-order valence-electron chi connectivity index (χ0n) is 12.9. The molecule has 22 heavy (non-hydrogen) atoms. The van der Waals surface area contributed by atoms with Gasteiger partial charge < -0.3 is 10.3 Å². The molecular formula is C16H19N3O2S. The molecule has 5 nitrogen and oxygen atoms in total. The Morgan fingerprint density at radius 3 is 2.68 bits per heavy atom. The van der Waals surface area contributed by atoms with E-state index in [2.05, 4.69) is 15.3 Å². The number of aromatic nitrogens is 2. The number of nitrogens with zero attached hydrogens (tertiary/aromatic N) is 1. The lowest BCUT2D eigenvalue weighted by Crippen LogP contribution is -2.18. The van der Waals surface area contributed by atoms with E-state index in [1.807, 2.05) is 45.0 Å². The summed E-state index contributed by atoms with van der Waals surface area (Å²) in [5.41, 5.74) is 3.08. The van der Waals surface area contributed by atoms with Crippen LogP contribution >= 0.6 is 11.8 Å². The molecule has 116 valence electrons. The van der Waals surface area contributed by atoms with E-state index in [-0.39, 0.29) is 17.2 Å². The van der Waals surface area contributed by atoms with Crippen LogP contribution in [0.15, 0.2) is 34.2 Å². The van der Waals surface area contributed by atoms with Crippen LogP contribution in [0.3, 0.4) is 0 Å². The minimum Gasteiger partial charge on any atom is -0.325 e. The molecule has 0 atom stereocenters. The summed E-state index contributed by atoms with van der Waals surface area (Å²) in [5.74, 6) is 0.0708. The number of rotatable bonds is 5. The van der Waals surface area contributed by atoms with Crippen molar-refractivity contribution >= 4 is 23.4 Å². The first-order valence-electron chi connectivity index (χ1n) is 7.09. The quantitative estimate of drug-likeness (QED) is 0.657. The van der Waals surface area contributed by atoms with E-state index in [1.165, 1.54) is 11.8 Å². The molecule has 1 aromatic carbocycles. The number of anilines is 1. The Bertz CT molecular complexity index is 740. The van der Waals surface area contributed by atoms with Gasteiger partial charge in [0.15, 0.2) is 5.16 Å². The molecule has 0 spiro atoms. The molecule has 0 fully saturated rings. The lowest BCUT2D eigenvalue weighted by atomic mass is 10.2. The van der Waals surface area contributed by atoms with E-state index in [0.29, 0.717) is 22.8 Å². The van der Waals surface area contributed by atoms with E-state index in [1.54, 1.807) is 0 Å². The molecule has 1 amide bonds. The molecule has 0 aliphatic carbocycles. The van der Waals surface area contributed by atoms with Gasteiger partial charge in [-0.05, 0) is 31.9 Å². The second kappa shape index (κ2) is 7.26. The van der Waals surface area contributed by atoms with Gasteiger partial charge in [-0.15, -0.1) is 0 Å². The van der Waals surface area contributed by atoms with Gasteiger partial charge in [-0.25, -0.2) is 4.98 Å². The van der Waals surface area contributed by atoms with Gasteiger partial charge in [0.1, 0.15) is 0 Å². The fourth-order valence-corrected chi connectivity index (χ4v) is 2.81. The maximum Gasteiger partial charge on any atom is 0.254 e. The fraction of sp³-hybridized carbons (Fsp3) is 0.312. The van der Waals surface area contributed by atoms with Crippen molar-refractivity contribution in [2.24, 2.45) is 0 Å². The third-order valence-corrected chi connectivity index (χ3v) is 4.19. The predicted octanol–water partition coefficient (Wildman–Crippen LogP) is 2.68. The minimum atomic E-state index is -0.128. The molecule has 0 aliphatic rings. The summed E-state index contributed by atoms with van der Waals surface area (Å²) in [6.45, 7) is 5.67. The van der Waals surface area contributed by atoms with E-state index in [0.717, 1.165) is 11.3 Å². The van der Waals surface area contributed by atoms with Crippen molar-refractivity contribution in [1.29, 1.82) is 0 Å². The van der Waals surface area contributed by atoms with Crippen molar-refractivity contribution in [2.75, 3.05) is 11.1 Å². The summed E-state index contributed by atoms with van der Waals surface area (Å²) in [6, 6.07) is 7.60. The number of aromatic amines is 1. The van der Waals surface area contributed by atoms with Gasteiger partial charge in [0.25, 0.3) is 5.56 Å². The Labute approximate surface area is 133 Å². The first-order chi connectivity index (χ1) is 10.5. The van der Waals surface area contributed by atoms with Crippen molar-refractivity contribution in [3.05, 3.63) is 51.4 Å². The molecule has 0 saturated carbocycles. The number of para-hydroxylation sites is 1. The largest absolute Gasteiger partial charge is 0.325 e. The molecule has 1 aromatic heterocycles. The number of amides is 1. The van der Waals surface area contributed by atoms with Crippen LogP contribution in [0.5, 0.6) is 0 Å². The third-order valence-electron chi connectivity index (χ3n) is 3.31. The molecule has 0 bridgehead atoms. The molecule has 6 heteroatoms. The highest BCUT2D eigenvalue weighted by Gasteiger charge is 2.09. The van der Waals surface area contributed by atoms with Crippen molar-refractivity contribution in [1.82, 2.24) is 9.97 Å². The summed E-state index contributed by atoms with van der Waals surface area (Å²) in [4.78, 5) is 30.9. The van der Waals surface area contributed by atoms with Crippen LogP contribution in [-0.4, -0.2) is 21.6 Å². The number of carbonyl (C=O) groups excluding carboxylic acids is 1. The first-order valence-corrected chi connectivity index (χ1v) is 8.08. The molecule has 2 aromatic rings. The zero-order chi connectivity index (χ0) is 16.1. The van der Waals surface area contributed by atoms with Crippen LogP contribution in [0.25, 0.3) is 0 Å². The van der Waals surface area contributed by atoms with E-state index < -0.39 is 0 Å². The number of thioether (sulfide) groups is 1. The Balaban J connectivity index is 2.00. The summed E-state index contributed by atoms with van der Waals surface area (Å²) in [7, 11) is 0. The predicted molar refractivity (Wildman–Crippen MR) is 89.5 cm³/mol. The number of benzene rings is 1. The molecule has 0 radical (unpaired) electrons. The Hall–Kier alpha value is -2.08. The van der Waals surface area contributed by atoms with Crippen LogP contribution in [0.1, 0.15) is 23.7 Å². The number of nitrogens with one attached hydrogen (secondary N) is 2. The minimum absolute atomic E-state index is 0.126. The van der Waals surface area contributed by atoms with Crippen LogP contribution in [0, 0.1) is 13.8 Å². The molecule has 0 unspecified atom stereocenters. The van der Waals surface area contributed by atoms with Crippen LogP contribution in [0.2, 0.25) is 0 Å². The van der Waals surface area contributed by atoms with Crippen molar-refractivity contribution in [3.63, 3.8) is 0 Å². The molecule has 2 rings (SSSR count). The highest BCUT2D eigenvalue weighted by Crippen LogP contribution is 2.16. The van der Waals surface area contributed by atoms with Gasteiger partial charge in [0.05, 0.1) is 5.75 Å². The summed E-state index contributed by atoms with van der Waals surface area (Å²) >= 11 is 1.22. The maximum absolute atomic E-state index is 12.0. The molecule has 1 heterocycles. The number of hydrogen-bond acceptors (Lipinski definition) is 4. The number of aryl methyl sites for hydroxylation is 2. The topological polar surface area (TPSA) is 74.8 Å². The highest BCUT2D eigenvalue weighted by molar-refractivity contribution is 7.99.